The Hall–Kier alpha value is -0.770. The molecule has 1 unspecified atom stereocenters. The molecule has 4 nitrogen and oxygen atoms in total. The molecule has 0 radical (unpaired) electrons. The lowest BCUT2D eigenvalue weighted by Crippen LogP contribution is -2.32. The quantitative estimate of drug-likeness (QED) is 0.766. The van der Waals surface area contributed by atoms with E-state index in [0.717, 1.165) is 19.5 Å². The van der Waals surface area contributed by atoms with E-state index in [2.05, 4.69) is 0 Å². The fourth-order valence-corrected chi connectivity index (χ4v) is 1.47. The van der Waals surface area contributed by atoms with Crippen LogP contribution in [0.25, 0.3) is 0 Å². The lowest BCUT2D eigenvalue weighted by atomic mass is 10.1. The molecule has 0 aromatic rings. The zero-order valence-electron chi connectivity index (χ0n) is 10.3. The summed E-state index contributed by atoms with van der Waals surface area (Å²) in [5.74, 6) is 0.458. The number of ether oxygens (including phenoxy) is 1. The van der Waals surface area contributed by atoms with Crippen molar-refractivity contribution in [2.45, 2.75) is 40.2 Å². The molecule has 2 N–H and O–H groups in total. The molecule has 0 saturated carbocycles. The smallest absolute Gasteiger partial charge is 0.410 e. The number of amides is 1. The molecule has 1 heterocycles. The van der Waals surface area contributed by atoms with Gasteiger partial charge in [0.1, 0.15) is 0 Å². The van der Waals surface area contributed by atoms with Gasteiger partial charge in [-0.2, -0.15) is 0 Å². The van der Waals surface area contributed by atoms with Crippen molar-refractivity contribution < 1.29 is 9.53 Å². The van der Waals surface area contributed by atoms with Gasteiger partial charge in [-0.15, -0.1) is 0 Å². The van der Waals surface area contributed by atoms with Crippen molar-refractivity contribution in [3.05, 3.63) is 0 Å². The number of hydrogen-bond donors (Lipinski definition) is 1. The van der Waals surface area contributed by atoms with Crippen LogP contribution >= 0.6 is 0 Å². The molecule has 0 spiro atoms. The first kappa shape index (κ1) is 14.2. The molecule has 1 atom stereocenters. The van der Waals surface area contributed by atoms with Gasteiger partial charge >= 0.3 is 6.09 Å². The van der Waals surface area contributed by atoms with Gasteiger partial charge in [-0.3, -0.25) is 0 Å². The van der Waals surface area contributed by atoms with Gasteiger partial charge in [0.05, 0.1) is 6.10 Å². The van der Waals surface area contributed by atoms with Crippen LogP contribution in [0.15, 0.2) is 0 Å². The van der Waals surface area contributed by atoms with Crippen LogP contribution < -0.4 is 5.73 Å². The van der Waals surface area contributed by atoms with Crippen molar-refractivity contribution in [3.8, 4) is 0 Å². The summed E-state index contributed by atoms with van der Waals surface area (Å²) in [7, 11) is 0. The van der Waals surface area contributed by atoms with Gasteiger partial charge in [-0.05, 0) is 32.7 Å². The van der Waals surface area contributed by atoms with E-state index in [4.69, 9.17) is 10.5 Å². The minimum Gasteiger partial charge on any atom is -0.447 e. The molecule has 0 aromatic heterocycles. The molecule has 1 aliphatic heterocycles. The third kappa shape index (κ3) is 5.02. The maximum atomic E-state index is 11.4. The van der Waals surface area contributed by atoms with Crippen LogP contribution in [0, 0.1) is 5.92 Å². The van der Waals surface area contributed by atoms with Crippen molar-refractivity contribution in [1.82, 2.24) is 4.90 Å². The highest BCUT2D eigenvalue weighted by molar-refractivity contribution is 5.68. The Morgan fingerprint density at radius 2 is 2.13 bits per heavy atom. The highest BCUT2D eigenvalue weighted by atomic mass is 16.6. The van der Waals surface area contributed by atoms with Gasteiger partial charge in [0, 0.05) is 13.1 Å². The van der Waals surface area contributed by atoms with Crippen LogP contribution in [0.5, 0.6) is 0 Å². The first-order valence-electron chi connectivity index (χ1n) is 5.79. The maximum Gasteiger partial charge on any atom is 0.410 e. The fourth-order valence-electron chi connectivity index (χ4n) is 1.47. The Kier molecular flexibility index (Phi) is 7.13. The Balaban J connectivity index is 0.000000921. The van der Waals surface area contributed by atoms with Gasteiger partial charge < -0.3 is 15.4 Å². The van der Waals surface area contributed by atoms with Crippen molar-refractivity contribution in [3.63, 3.8) is 0 Å². The summed E-state index contributed by atoms with van der Waals surface area (Å²) in [6.45, 7) is 9.91. The number of carbonyl (C=O) groups excluding carboxylic acids is 1. The Morgan fingerprint density at radius 3 is 2.53 bits per heavy atom. The monoisotopic (exact) mass is 216 g/mol. The lowest BCUT2D eigenvalue weighted by Gasteiger charge is -2.17. The number of likely N-dealkylation sites (tertiary alicyclic amines) is 1. The van der Waals surface area contributed by atoms with E-state index in [1.807, 2.05) is 27.7 Å². The predicted octanol–water partition coefficient (Wildman–Crippen LogP) is 1.84. The second-order valence-corrected chi connectivity index (χ2v) is 3.77. The average Bonchev–Trinajstić information content (AvgIpc) is 2.68. The molecular formula is C11H24N2O2. The van der Waals surface area contributed by atoms with Crippen LogP contribution in [0.1, 0.15) is 34.1 Å². The van der Waals surface area contributed by atoms with Gasteiger partial charge in [-0.25, -0.2) is 4.79 Å². The molecule has 15 heavy (non-hydrogen) atoms. The number of rotatable bonds is 2. The first-order chi connectivity index (χ1) is 7.13. The van der Waals surface area contributed by atoms with Crippen LogP contribution in [-0.2, 0) is 4.74 Å². The molecule has 1 rings (SSSR count). The summed E-state index contributed by atoms with van der Waals surface area (Å²) in [5, 5.41) is 0. The van der Waals surface area contributed by atoms with E-state index in [0.29, 0.717) is 12.5 Å². The molecular weight excluding hydrogens is 192 g/mol. The summed E-state index contributed by atoms with van der Waals surface area (Å²) < 4.78 is 5.07. The number of hydrogen-bond acceptors (Lipinski definition) is 3. The molecule has 1 saturated heterocycles. The summed E-state index contributed by atoms with van der Waals surface area (Å²) in [6, 6.07) is 0. The standard InChI is InChI=1S/C9H18N2O2.C2H6/c1-7(2)13-9(12)11-4-3-8(5-10)6-11;1-2/h7-8H,3-6,10H2,1-2H3;1-2H3. The van der Waals surface area contributed by atoms with E-state index >= 15 is 0 Å². The van der Waals surface area contributed by atoms with E-state index in [-0.39, 0.29) is 12.2 Å². The number of nitrogens with zero attached hydrogens (tertiary/aromatic N) is 1. The minimum absolute atomic E-state index is 0.0376. The molecule has 1 aliphatic rings. The number of nitrogens with two attached hydrogens (primary N) is 1. The summed E-state index contributed by atoms with van der Waals surface area (Å²) in [6.07, 6.45) is 0.763. The van der Waals surface area contributed by atoms with Gasteiger partial charge in [0.15, 0.2) is 0 Å². The highest BCUT2D eigenvalue weighted by Crippen LogP contribution is 2.15. The van der Waals surface area contributed by atoms with E-state index in [9.17, 15) is 4.79 Å². The van der Waals surface area contributed by atoms with E-state index in [1.54, 1.807) is 4.90 Å². The first-order valence-corrected chi connectivity index (χ1v) is 5.79. The molecule has 90 valence electrons. The SMILES string of the molecule is CC.CC(C)OC(=O)N1CCC(CN)C1. The molecule has 1 amide bonds. The Bertz CT molecular complexity index is 183. The van der Waals surface area contributed by atoms with Crippen LogP contribution in [0.2, 0.25) is 0 Å². The molecule has 1 fully saturated rings. The van der Waals surface area contributed by atoms with Gasteiger partial charge in [-0.1, -0.05) is 13.8 Å². The van der Waals surface area contributed by atoms with E-state index in [1.165, 1.54) is 0 Å². The lowest BCUT2D eigenvalue weighted by molar-refractivity contribution is 0.0827. The van der Waals surface area contributed by atoms with Crippen molar-refractivity contribution in [2.75, 3.05) is 19.6 Å². The Morgan fingerprint density at radius 1 is 1.53 bits per heavy atom. The zero-order chi connectivity index (χ0) is 11.8. The minimum atomic E-state index is -0.203. The third-order valence-electron chi connectivity index (χ3n) is 2.21. The molecule has 4 heteroatoms. The normalized spacial score (nSPS) is 19.9. The second kappa shape index (κ2) is 7.51. The molecule has 0 aliphatic carbocycles. The van der Waals surface area contributed by atoms with Crippen LogP contribution in [0.4, 0.5) is 4.79 Å². The van der Waals surface area contributed by atoms with Crippen molar-refractivity contribution in [1.29, 1.82) is 0 Å². The second-order valence-electron chi connectivity index (χ2n) is 3.77. The molecule has 0 aromatic carbocycles. The average molecular weight is 216 g/mol. The number of carbonyl (C=O) groups is 1. The van der Waals surface area contributed by atoms with Gasteiger partial charge in [0.25, 0.3) is 0 Å². The zero-order valence-corrected chi connectivity index (χ0v) is 10.3. The Labute approximate surface area is 92.8 Å². The van der Waals surface area contributed by atoms with Gasteiger partial charge in [0.2, 0.25) is 0 Å². The topological polar surface area (TPSA) is 55.6 Å². The van der Waals surface area contributed by atoms with Crippen molar-refractivity contribution >= 4 is 6.09 Å². The summed E-state index contributed by atoms with van der Waals surface area (Å²) in [4.78, 5) is 13.1. The van der Waals surface area contributed by atoms with Crippen LogP contribution in [-0.4, -0.2) is 36.7 Å². The van der Waals surface area contributed by atoms with E-state index < -0.39 is 0 Å². The van der Waals surface area contributed by atoms with Crippen molar-refractivity contribution in [2.24, 2.45) is 11.7 Å². The highest BCUT2D eigenvalue weighted by Gasteiger charge is 2.26. The predicted molar refractivity (Wildman–Crippen MR) is 61.7 cm³/mol. The third-order valence-corrected chi connectivity index (χ3v) is 2.21. The van der Waals surface area contributed by atoms with Crippen LogP contribution in [0.3, 0.4) is 0 Å². The summed E-state index contributed by atoms with van der Waals surface area (Å²) >= 11 is 0. The molecule has 0 bridgehead atoms. The maximum absolute atomic E-state index is 11.4. The summed E-state index contributed by atoms with van der Waals surface area (Å²) in [5.41, 5.74) is 5.52. The largest absolute Gasteiger partial charge is 0.447 e. The fraction of sp³-hybridized carbons (Fsp3) is 0.909.